The lowest BCUT2D eigenvalue weighted by Crippen LogP contribution is -2.40. The fourth-order valence-corrected chi connectivity index (χ4v) is 2.47. The zero-order valence-electron chi connectivity index (χ0n) is 14.4. The lowest BCUT2D eigenvalue weighted by atomic mass is 10.0. The normalized spacial score (nSPS) is 24.6. The zero-order chi connectivity index (χ0) is 17.4. The van der Waals surface area contributed by atoms with Gasteiger partial charge in [0.1, 0.15) is 5.71 Å². The Morgan fingerprint density at radius 3 is 2.54 bits per heavy atom. The van der Waals surface area contributed by atoms with Crippen molar-refractivity contribution in [3.05, 3.63) is 35.7 Å². The summed E-state index contributed by atoms with van der Waals surface area (Å²) in [5.41, 5.74) is 3.00. The van der Waals surface area contributed by atoms with Gasteiger partial charge in [0.05, 0.1) is 24.6 Å². The van der Waals surface area contributed by atoms with Gasteiger partial charge in [0.25, 0.3) is 0 Å². The highest BCUT2D eigenvalue weighted by molar-refractivity contribution is 6.71. The molecule has 2 N–H and O–H groups in total. The van der Waals surface area contributed by atoms with E-state index in [1.54, 1.807) is 21.1 Å². The van der Waals surface area contributed by atoms with Gasteiger partial charge in [-0.2, -0.15) is 0 Å². The van der Waals surface area contributed by atoms with Crippen LogP contribution in [0.3, 0.4) is 0 Å². The molecule has 2 rings (SSSR count). The molecule has 7 heteroatoms. The van der Waals surface area contributed by atoms with Crippen molar-refractivity contribution in [3.8, 4) is 0 Å². The van der Waals surface area contributed by atoms with Gasteiger partial charge in [-0.3, -0.25) is 15.0 Å². The van der Waals surface area contributed by atoms with Gasteiger partial charge in [0.15, 0.2) is 5.84 Å². The number of nitrogens with one attached hydrogen (secondary N) is 2. The molecule has 2 heterocycles. The summed E-state index contributed by atoms with van der Waals surface area (Å²) < 4.78 is 5.33. The molecule has 2 aliphatic rings. The molecule has 128 valence electrons. The van der Waals surface area contributed by atoms with Gasteiger partial charge in [0, 0.05) is 46.0 Å². The van der Waals surface area contributed by atoms with E-state index >= 15 is 0 Å². The molecule has 24 heavy (non-hydrogen) atoms. The number of aliphatic imine (C=N–C) groups is 3. The molecule has 0 spiro atoms. The average molecular weight is 328 g/mol. The zero-order valence-corrected chi connectivity index (χ0v) is 14.4. The molecule has 0 saturated carbocycles. The predicted molar refractivity (Wildman–Crippen MR) is 99.7 cm³/mol. The number of nitrogens with zero attached hydrogens (tertiary/aromatic N) is 4. The maximum absolute atomic E-state index is 7.71. The van der Waals surface area contributed by atoms with E-state index in [1.807, 2.05) is 24.4 Å². The Kier molecular flexibility index (Phi) is 6.62. The van der Waals surface area contributed by atoms with Gasteiger partial charge in [-0.1, -0.05) is 0 Å². The van der Waals surface area contributed by atoms with Gasteiger partial charge >= 0.3 is 0 Å². The van der Waals surface area contributed by atoms with Gasteiger partial charge in [-0.15, -0.1) is 0 Å². The summed E-state index contributed by atoms with van der Waals surface area (Å²) in [6.45, 7) is 3.29. The van der Waals surface area contributed by atoms with Crippen LogP contribution in [0.25, 0.3) is 0 Å². The van der Waals surface area contributed by atoms with Gasteiger partial charge < -0.3 is 20.4 Å². The molecule has 0 aromatic heterocycles. The molecule has 0 radical (unpaired) electrons. The van der Waals surface area contributed by atoms with Crippen molar-refractivity contribution < 1.29 is 4.74 Å². The Hall–Kier alpha value is -2.54. The molecular formula is C17H24N6O. The third-order valence-corrected chi connectivity index (χ3v) is 3.77. The van der Waals surface area contributed by atoms with Crippen LogP contribution in [-0.2, 0) is 4.74 Å². The van der Waals surface area contributed by atoms with E-state index in [0.717, 1.165) is 49.0 Å². The van der Waals surface area contributed by atoms with Crippen LogP contribution in [0.4, 0.5) is 0 Å². The van der Waals surface area contributed by atoms with Crippen molar-refractivity contribution in [1.82, 2.24) is 10.2 Å². The second-order valence-electron chi connectivity index (χ2n) is 5.19. The van der Waals surface area contributed by atoms with Crippen molar-refractivity contribution in [2.45, 2.75) is 0 Å². The number of amidine groups is 1. The first-order valence-corrected chi connectivity index (χ1v) is 7.84. The molecule has 2 aliphatic heterocycles. The van der Waals surface area contributed by atoms with Crippen molar-refractivity contribution >= 4 is 23.5 Å². The number of allylic oxidation sites excluding steroid dienone is 4. The molecular weight excluding hydrogens is 304 g/mol. The van der Waals surface area contributed by atoms with Crippen LogP contribution in [0.15, 0.2) is 50.7 Å². The van der Waals surface area contributed by atoms with Crippen molar-refractivity contribution in [1.29, 1.82) is 5.41 Å². The minimum atomic E-state index is 0.653. The Balaban J connectivity index is 2.22. The highest BCUT2D eigenvalue weighted by Crippen LogP contribution is 2.11. The van der Waals surface area contributed by atoms with Crippen LogP contribution < -0.4 is 5.32 Å². The summed E-state index contributed by atoms with van der Waals surface area (Å²) in [6, 6.07) is 0. The van der Waals surface area contributed by atoms with Crippen molar-refractivity contribution in [2.75, 3.05) is 47.4 Å². The van der Waals surface area contributed by atoms with Gasteiger partial charge in [-0.05, 0) is 24.4 Å². The third-order valence-electron chi connectivity index (χ3n) is 3.77. The topological polar surface area (TPSA) is 85.4 Å². The second-order valence-corrected chi connectivity index (χ2v) is 5.19. The third kappa shape index (κ3) is 4.26. The molecule has 1 fully saturated rings. The maximum Gasteiger partial charge on any atom is 0.153 e. The molecule has 0 atom stereocenters. The van der Waals surface area contributed by atoms with E-state index < -0.39 is 0 Å². The highest BCUT2D eigenvalue weighted by Gasteiger charge is 2.21. The van der Waals surface area contributed by atoms with Crippen LogP contribution in [-0.4, -0.2) is 75.8 Å². The molecule has 7 nitrogen and oxygen atoms in total. The molecule has 0 bridgehead atoms. The standard InChI is InChI=1S/C17H24N6O/c1-19-15-11-14(22-17(21-3)16(15)20-2)13(12-18)5-4-6-23-7-9-24-10-8-23/h4-6,11-12,18H,7-10H2,1-3H3,(H,21,22)/b6-4+,13-5+,18-12?,19-15?,20-16?. The highest BCUT2D eigenvalue weighted by atomic mass is 16.5. The number of ether oxygens (including phenoxy) is 1. The van der Waals surface area contributed by atoms with E-state index in [4.69, 9.17) is 10.1 Å². The summed E-state index contributed by atoms with van der Waals surface area (Å²) in [6.07, 6.45) is 9.07. The molecule has 1 saturated heterocycles. The lowest BCUT2D eigenvalue weighted by molar-refractivity contribution is 0.0594. The van der Waals surface area contributed by atoms with E-state index in [1.165, 1.54) is 6.21 Å². The first kappa shape index (κ1) is 17.8. The SMILES string of the molecule is CN=C1C=C(/C(C=N)=C/C=C/N2CCOCC2)NC(=NC)C1=NC. The van der Waals surface area contributed by atoms with Crippen molar-refractivity contribution in [3.63, 3.8) is 0 Å². The quantitative estimate of drug-likeness (QED) is 0.598. The largest absolute Gasteiger partial charge is 0.378 e. The van der Waals surface area contributed by atoms with Gasteiger partial charge in [0.2, 0.25) is 0 Å². The van der Waals surface area contributed by atoms with Crippen LogP contribution >= 0.6 is 0 Å². The first-order chi connectivity index (χ1) is 11.7. The summed E-state index contributed by atoms with van der Waals surface area (Å²) in [5.74, 6) is 0.653. The number of morpholine rings is 1. The Bertz CT molecular complexity index is 648. The van der Waals surface area contributed by atoms with Crippen LogP contribution in [0, 0.1) is 5.41 Å². The number of hydrogen-bond acceptors (Lipinski definition) is 6. The Labute approximate surface area is 142 Å². The van der Waals surface area contributed by atoms with E-state index in [-0.39, 0.29) is 0 Å². The maximum atomic E-state index is 7.71. The molecule has 0 amide bonds. The minimum absolute atomic E-state index is 0.653. The fraction of sp³-hybridized carbons (Fsp3) is 0.412. The fourth-order valence-electron chi connectivity index (χ4n) is 2.47. The summed E-state index contributed by atoms with van der Waals surface area (Å²) >= 11 is 0. The van der Waals surface area contributed by atoms with Crippen molar-refractivity contribution in [2.24, 2.45) is 15.0 Å². The summed E-state index contributed by atoms with van der Waals surface area (Å²) in [4.78, 5) is 14.9. The summed E-state index contributed by atoms with van der Waals surface area (Å²) in [5, 5.41) is 10.9. The number of rotatable bonds is 4. The smallest absolute Gasteiger partial charge is 0.153 e. The molecule has 0 aliphatic carbocycles. The monoisotopic (exact) mass is 328 g/mol. The van der Waals surface area contributed by atoms with E-state index in [0.29, 0.717) is 5.84 Å². The first-order valence-electron chi connectivity index (χ1n) is 7.84. The Morgan fingerprint density at radius 1 is 1.21 bits per heavy atom. The van der Waals surface area contributed by atoms with Crippen LogP contribution in [0.2, 0.25) is 0 Å². The minimum Gasteiger partial charge on any atom is -0.378 e. The predicted octanol–water partition coefficient (Wildman–Crippen LogP) is 1.07. The second kappa shape index (κ2) is 8.93. The number of hydrogen-bond donors (Lipinski definition) is 2. The average Bonchev–Trinajstić information content (AvgIpc) is 2.64. The van der Waals surface area contributed by atoms with Crippen LogP contribution in [0.1, 0.15) is 0 Å². The summed E-state index contributed by atoms with van der Waals surface area (Å²) in [7, 11) is 5.14. The molecule has 0 unspecified atom stereocenters. The molecule has 0 aromatic carbocycles. The van der Waals surface area contributed by atoms with Crippen LogP contribution in [0.5, 0.6) is 0 Å². The van der Waals surface area contributed by atoms with E-state index in [9.17, 15) is 0 Å². The van der Waals surface area contributed by atoms with Gasteiger partial charge in [-0.25, -0.2) is 0 Å². The molecule has 0 aromatic rings. The Morgan fingerprint density at radius 2 is 1.96 bits per heavy atom. The lowest BCUT2D eigenvalue weighted by Gasteiger charge is -2.24. The van der Waals surface area contributed by atoms with E-state index in [2.05, 4.69) is 25.2 Å².